The van der Waals surface area contributed by atoms with Gasteiger partial charge in [-0.25, -0.2) is 0 Å². The maximum absolute atomic E-state index is 9.33. The summed E-state index contributed by atoms with van der Waals surface area (Å²) in [6, 6.07) is 4.00. The van der Waals surface area contributed by atoms with Crippen molar-refractivity contribution in [2.45, 2.75) is 25.4 Å². The van der Waals surface area contributed by atoms with Crippen molar-refractivity contribution < 1.29 is 5.11 Å². The number of aromatic nitrogens is 1. The van der Waals surface area contributed by atoms with E-state index in [1.54, 1.807) is 6.20 Å². The number of pyridine rings is 1. The van der Waals surface area contributed by atoms with Crippen molar-refractivity contribution in [3.05, 3.63) is 30.1 Å². The van der Waals surface area contributed by atoms with Gasteiger partial charge >= 0.3 is 0 Å². The Morgan fingerprint density at radius 3 is 2.88 bits per heavy atom. The van der Waals surface area contributed by atoms with Gasteiger partial charge in [0.1, 0.15) is 0 Å². The molecule has 0 saturated heterocycles. The number of hydrogen-bond donors (Lipinski definition) is 3. The molecule has 0 aliphatic heterocycles. The Balaban J connectivity index is 2.46. The molecule has 4 N–H and O–H groups in total. The summed E-state index contributed by atoms with van der Waals surface area (Å²) in [7, 11) is 0. The van der Waals surface area contributed by atoms with Crippen LogP contribution in [0.15, 0.2) is 24.5 Å². The molecule has 1 aromatic heterocycles. The van der Waals surface area contributed by atoms with Crippen LogP contribution < -0.4 is 11.1 Å². The third-order valence-electron chi connectivity index (χ3n) is 2.66. The van der Waals surface area contributed by atoms with Crippen LogP contribution in [-0.4, -0.2) is 35.8 Å². The number of rotatable bonds is 6. The molecule has 0 fully saturated rings. The molecular formula is C12H21N3O. The quantitative estimate of drug-likeness (QED) is 0.647. The van der Waals surface area contributed by atoms with E-state index in [0.717, 1.165) is 6.54 Å². The monoisotopic (exact) mass is 223 g/mol. The smallest absolute Gasteiger partial charge is 0.0786 e. The Kier molecular flexibility index (Phi) is 4.86. The molecule has 0 aliphatic carbocycles. The minimum absolute atomic E-state index is 0.00256. The van der Waals surface area contributed by atoms with E-state index in [0.29, 0.717) is 13.1 Å². The predicted molar refractivity (Wildman–Crippen MR) is 65.2 cm³/mol. The van der Waals surface area contributed by atoms with Gasteiger partial charge in [0.15, 0.2) is 0 Å². The Labute approximate surface area is 96.9 Å². The second kappa shape index (κ2) is 5.94. The molecule has 0 aromatic carbocycles. The summed E-state index contributed by atoms with van der Waals surface area (Å²) in [5, 5.41) is 12.5. The Bertz CT molecular complexity index is 300. The van der Waals surface area contributed by atoms with Gasteiger partial charge in [0, 0.05) is 37.4 Å². The number of nitrogens with zero attached hydrogens (tertiary/aromatic N) is 1. The summed E-state index contributed by atoms with van der Waals surface area (Å²) < 4.78 is 0. The highest BCUT2D eigenvalue weighted by molar-refractivity contribution is 5.19. The van der Waals surface area contributed by atoms with Gasteiger partial charge in [-0.15, -0.1) is 0 Å². The predicted octanol–water partition coefficient (Wildman–Crippen LogP) is 0.268. The molecular weight excluding hydrogens is 202 g/mol. The van der Waals surface area contributed by atoms with Crippen LogP contribution >= 0.6 is 0 Å². The zero-order valence-corrected chi connectivity index (χ0v) is 9.98. The van der Waals surface area contributed by atoms with Gasteiger partial charge in [0.2, 0.25) is 0 Å². The van der Waals surface area contributed by atoms with Crippen molar-refractivity contribution in [2.75, 3.05) is 19.6 Å². The SMILES string of the molecule is CC(C)(CNCC(O)CN)c1cccnc1. The number of hydrogen-bond acceptors (Lipinski definition) is 4. The highest BCUT2D eigenvalue weighted by Gasteiger charge is 2.20. The van der Waals surface area contributed by atoms with E-state index in [1.807, 2.05) is 12.3 Å². The van der Waals surface area contributed by atoms with Gasteiger partial charge in [-0.1, -0.05) is 19.9 Å². The highest BCUT2D eigenvalue weighted by atomic mass is 16.3. The first-order valence-electron chi connectivity index (χ1n) is 5.55. The third-order valence-corrected chi connectivity index (χ3v) is 2.66. The van der Waals surface area contributed by atoms with Crippen LogP contribution in [0.5, 0.6) is 0 Å². The van der Waals surface area contributed by atoms with Crippen molar-refractivity contribution in [3.8, 4) is 0 Å². The fourth-order valence-electron chi connectivity index (χ4n) is 1.50. The highest BCUT2D eigenvalue weighted by Crippen LogP contribution is 2.20. The molecule has 4 nitrogen and oxygen atoms in total. The average Bonchev–Trinajstić information content (AvgIpc) is 2.30. The molecule has 1 atom stereocenters. The number of nitrogens with one attached hydrogen (secondary N) is 1. The van der Waals surface area contributed by atoms with Gasteiger partial charge < -0.3 is 16.2 Å². The van der Waals surface area contributed by atoms with Gasteiger partial charge in [-0.3, -0.25) is 4.98 Å². The largest absolute Gasteiger partial charge is 0.390 e. The zero-order valence-electron chi connectivity index (χ0n) is 9.98. The standard InChI is InChI=1S/C12H21N3O/c1-12(2,9-15-8-11(16)6-13)10-4-3-5-14-7-10/h3-5,7,11,15-16H,6,8-9,13H2,1-2H3. The summed E-state index contributed by atoms with van der Waals surface area (Å²) >= 11 is 0. The van der Waals surface area contributed by atoms with Crippen molar-refractivity contribution in [1.29, 1.82) is 0 Å². The first-order chi connectivity index (χ1) is 7.56. The minimum Gasteiger partial charge on any atom is -0.390 e. The molecule has 0 radical (unpaired) electrons. The van der Waals surface area contributed by atoms with E-state index in [1.165, 1.54) is 5.56 Å². The average molecular weight is 223 g/mol. The lowest BCUT2D eigenvalue weighted by atomic mass is 9.86. The maximum Gasteiger partial charge on any atom is 0.0786 e. The summed E-state index contributed by atoms with van der Waals surface area (Å²) in [6.07, 6.45) is 3.18. The zero-order chi connectivity index (χ0) is 12.0. The summed E-state index contributed by atoms with van der Waals surface area (Å²) in [5.41, 5.74) is 6.52. The second-order valence-electron chi connectivity index (χ2n) is 4.65. The molecule has 90 valence electrons. The first kappa shape index (κ1) is 13.1. The van der Waals surface area contributed by atoms with Gasteiger partial charge in [0.25, 0.3) is 0 Å². The van der Waals surface area contributed by atoms with E-state index >= 15 is 0 Å². The molecule has 16 heavy (non-hydrogen) atoms. The fraction of sp³-hybridized carbons (Fsp3) is 0.583. The van der Waals surface area contributed by atoms with Crippen LogP contribution in [0.2, 0.25) is 0 Å². The molecule has 1 unspecified atom stereocenters. The van der Waals surface area contributed by atoms with Crippen LogP contribution in [-0.2, 0) is 5.41 Å². The Morgan fingerprint density at radius 2 is 2.31 bits per heavy atom. The van der Waals surface area contributed by atoms with Crippen molar-refractivity contribution in [2.24, 2.45) is 5.73 Å². The van der Waals surface area contributed by atoms with Crippen LogP contribution in [0.4, 0.5) is 0 Å². The van der Waals surface area contributed by atoms with E-state index in [9.17, 15) is 5.11 Å². The molecule has 4 heteroatoms. The topological polar surface area (TPSA) is 71.2 Å². The summed E-state index contributed by atoms with van der Waals surface area (Å²) in [4.78, 5) is 4.11. The molecule has 0 spiro atoms. The van der Waals surface area contributed by atoms with E-state index in [-0.39, 0.29) is 5.41 Å². The lowest BCUT2D eigenvalue weighted by molar-refractivity contribution is 0.177. The second-order valence-corrected chi connectivity index (χ2v) is 4.65. The first-order valence-corrected chi connectivity index (χ1v) is 5.55. The summed E-state index contributed by atoms with van der Waals surface area (Å²) in [5.74, 6) is 0. The lowest BCUT2D eigenvalue weighted by Gasteiger charge is -2.25. The van der Waals surface area contributed by atoms with Crippen LogP contribution in [0.1, 0.15) is 19.4 Å². The molecule has 0 bridgehead atoms. The number of aliphatic hydroxyl groups excluding tert-OH is 1. The Morgan fingerprint density at radius 1 is 1.56 bits per heavy atom. The van der Waals surface area contributed by atoms with E-state index in [4.69, 9.17) is 5.73 Å². The third kappa shape index (κ3) is 3.89. The van der Waals surface area contributed by atoms with Crippen LogP contribution in [0.25, 0.3) is 0 Å². The molecule has 1 aromatic rings. The molecule has 0 aliphatic rings. The number of nitrogens with two attached hydrogens (primary N) is 1. The molecule has 1 rings (SSSR count). The van der Waals surface area contributed by atoms with E-state index in [2.05, 4.69) is 30.2 Å². The lowest BCUT2D eigenvalue weighted by Crippen LogP contribution is -2.39. The van der Waals surface area contributed by atoms with E-state index < -0.39 is 6.10 Å². The number of aliphatic hydroxyl groups is 1. The molecule has 1 heterocycles. The fourth-order valence-corrected chi connectivity index (χ4v) is 1.50. The molecule has 0 saturated carbocycles. The Hall–Kier alpha value is -0.970. The van der Waals surface area contributed by atoms with Crippen molar-refractivity contribution >= 4 is 0 Å². The van der Waals surface area contributed by atoms with Crippen LogP contribution in [0.3, 0.4) is 0 Å². The van der Waals surface area contributed by atoms with Crippen molar-refractivity contribution in [3.63, 3.8) is 0 Å². The minimum atomic E-state index is -0.468. The maximum atomic E-state index is 9.33. The van der Waals surface area contributed by atoms with Gasteiger partial charge in [0.05, 0.1) is 6.10 Å². The normalized spacial score (nSPS) is 13.8. The van der Waals surface area contributed by atoms with Crippen LogP contribution in [0, 0.1) is 0 Å². The molecule has 0 amide bonds. The van der Waals surface area contributed by atoms with Gasteiger partial charge in [-0.2, -0.15) is 0 Å². The van der Waals surface area contributed by atoms with Gasteiger partial charge in [-0.05, 0) is 11.6 Å². The van der Waals surface area contributed by atoms with Crippen molar-refractivity contribution in [1.82, 2.24) is 10.3 Å². The summed E-state index contributed by atoms with van der Waals surface area (Å²) in [6.45, 7) is 5.90.